The number of rotatable bonds is 9. The topological polar surface area (TPSA) is 57.1 Å². The second-order valence-corrected chi connectivity index (χ2v) is 10.5. The van der Waals surface area contributed by atoms with Crippen LogP contribution in [0.2, 0.25) is 0 Å². The highest BCUT2D eigenvalue weighted by atomic mass is 32.2. The van der Waals surface area contributed by atoms with Crippen molar-refractivity contribution in [3.63, 3.8) is 0 Å². The second kappa shape index (κ2) is 11.7. The molecule has 2 heterocycles. The van der Waals surface area contributed by atoms with E-state index in [4.69, 9.17) is 24.4 Å². The van der Waals surface area contributed by atoms with E-state index in [1.165, 1.54) is 5.56 Å². The fourth-order valence-electron chi connectivity index (χ4n) is 3.87. The Kier molecular flexibility index (Phi) is 8.39. The Morgan fingerprint density at radius 1 is 0.833 bits per heavy atom. The van der Waals surface area contributed by atoms with Crippen molar-refractivity contribution < 1.29 is 9.47 Å². The Labute approximate surface area is 218 Å². The zero-order valence-corrected chi connectivity index (χ0v) is 22.4. The maximum atomic E-state index is 6.16. The van der Waals surface area contributed by atoms with E-state index in [9.17, 15) is 0 Å². The van der Waals surface area contributed by atoms with Gasteiger partial charge in [-0.15, -0.1) is 11.8 Å². The van der Waals surface area contributed by atoms with E-state index in [-0.39, 0.29) is 5.41 Å². The molecule has 0 spiro atoms. The number of thioether (sulfide) groups is 1. The normalized spacial score (nSPS) is 11.5. The minimum atomic E-state index is 0.134. The van der Waals surface area contributed by atoms with E-state index in [0.29, 0.717) is 25.4 Å². The van der Waals surface area contributed by atoms with Gasteiger partial charge < -0.3 is 9.47 Å². The number of hydrogen-bond acceptors (Lipinski definition) is 6. The van der Waals surface area contributed by atoms with E-state index in [0.717, 1.165) is 38.9 Å². The predicted molar refractivity (Wildman–Crippen MR) is 146 cm³/mol. The molecular weight excluding hydrogens is 466 g/mol. The Morgan fingerprint density at radius 3 is 2.19 bits per heavy atom. The van der Waals surface area contributed by atoms with Crippen molar-refractivity contribution in [3.05, 3.63) is 101 Å². The van der Waals surface area contributed by atoms with E-state index >= 15 is 0 Å². The lowest BCUT2D eigenvalue weighted by Crippen LogP contribution is -2.10. The van der Waals surface area contributed by atoms with Crippen LogP contribution in [0.3, 0.4) is 0 Å². The van der Waals surface area contributed by atoms with Gasteiger partial charge in [0.2, 0.25) is 0 Å². The molecule has 2 aromatic carbocycles. The van der Waals surface area contributed by atoms with E-state index < -0.39 is 0 Å². The lowest BCUT2D eigenvalue weighted by atomic mass is 9.86. The van der Waals surface area contributed by atoms with E-state index in [1.807, 2.05) is 42.8 Å². The summed E-state index contributed by atoms with van der Waals surface area (Å²) in [4.78, 5) is 14.3. The number of pyridine rings is 1. The molecule has 5 nitrogen and oxygen atoms in total. The van der Waals surface area contributed by atoms with Crippen LogP contribution in [-0.2, 0) is 29.8 Å². The Morgan fingerprint density at radius 2 is 1.58 bits per heavy atom. The number of hydrogen-bond donors (Lipinski definition) is 0. The summed E-state index contributed by atoms with van der Waals surface area (Å²) >= 11 is 1.55. The van der Waals surface area contributed by atoms with Crippen molar-refractivity contribution in [1.82, 2.24) is 15.0 Å². The molecule has 0 fully saturated rings. The molecule has 0 atom stereocenters. The van der Waals surface area contributed by atoms with Gasteiger partial charge in [0.15, 0.2) is 5.75 Å². The van der Waals surface area contributed by atoms with Gasteiger partial charge in [0.1, 0.15) is 23.2 Å². The van der Waals surface area contributed by atoms with Gasteiger partial charge in [0, 0.05) is 25.3 Å². The largest absolute Gasteiger partial charge is 0.484 e. The fraction of sp³-hybridized carbons (Fsp3) is 0.300. The molecule has 0 radical (unpaired) electrons. The van der Waals surface area contributed by atoms with Crippen LogP contribution in [0.1, 0.15) is 49.0 Å². The van der Waals surface area contributed by atoms with Gasteiger partial charge in [-0.1, -0.05) is 81.4 Å². The predicted octanol–water partition coefficient (Wildman–Crippen LogP) is 6.87. The first kappa shape index (κ1) is 25.9. The molecule has 0 bridgehead atoms. The standard InChI is InChI=1S/C30H33N3O2S/c1-30(2,3)24-14-12-23(13-15-24)25-16-11-22(18-31-25)17-27-32-26(20-34-4)28(29(33-27)36-5)35-19-21-9-7-6-8-10-21/h6-16,18H,17,19-20H2,1-5H3. The summed E-state index contributed by atoms with van der Waals surface area (Å²) in [6.45, 7) is 7.48. The van der Waals surface area contributed by atoms with Gasteiger partial charge in [0.25, 0.3) is 0 Å². The molecule has 186 valence electrons. The maximum absolute atomic E-state index is 6.16. The highest BCUT2D eigenvalue weighted by Gasteiger charge is 2.17. The first-order valence-corrected chi connectivity index (χ1v) is 13.2. The summed E-state index contributed by atoms with van der Waals surface area (Å²) in [7, 11) is 1.66. The summed E-state index contributed by atoms with van der Waals surface area (Å²) in [6.07, 6.45) is 4.49. The fourth-order valence-corrected chi connectivity index (χ4v) is 4.43. The first-order chi connectivity index (χ1) is 17.4. The van der Waals surface area contributed by atoms with Crippen LogP contribution < -0.4 is 4.74 Å². The van der Waals surface area contributed by atoms with Gasteiger partial charge in [0.05, 0.1) is 12.3 Å². The van der Waals surface area contributed by atoms with Crippen molar-refractivity contribution in [1.29, 1.82) is 0 Å². The number of benzene rings is 2. The SMILES string of the molecule is COCc1nc(Cc2ccc(-c3ccc(C(C)(C)C)cc3)nc2)nc(SC)c1OCc1ccccc1. The molecule has 0 saturated carbocycles. The quantitative estimate of drug-likeness (QED) is 0.185. The van der Waals surface area contributed by atoms with Gasteiger partial charge in [-0.2, -0.15) is 0 Å². The number of nitrogens with zero attached hydrogens (tertiary/aromatic N) is 3. The zero-order chi connectivity index (χ0) is 25.5. The molecule has 0 unspecified atom stereocenters. The van der Waals surface area contributed by atoms with Crippen molar-refractivity contribution in [2.45, 2.75) is 50.8 Å². The smallest absolute Gasteiger partial charge is 0.175 e. The molecule has 36 heavy (non-hydrogen) atoms. The summed E-state index contributed by atoms with van der Waals surface area (Å²) in [5.41, 5.74) is 6.41. The lowest BCUT2D eigenvalue weighted by Gasteiger charge is -2.19. The van der Waals surface area contributed by atoms with Crippen molar-refractivity contribution in [2.75, 3.05) is 13.4 Å². The Bertz CT molecular complexity index is 1270. The van der Waals surface area contributed by atoms with Crippen LogP contribution in [0, 0.1) is 0 Å². The second-order valence-electron chi connectivity index (χ2n) is 9.69. The van der Waals surface area contributed by atoms with Gasteiger partial charge >= 0.3 is 0 Å². The number of ether oxygens (including phenoxy) is 2. The van der Waals surface area contributed by atoms with Crippen molar-refractivity contribution >= 4 is 11.8 Å². The molecule has 0 aliphatic carbocycles. The molecule has 4 rings (SSSR count). The van der Waals surface area contributed by atoms with Crippen LogP contribution in [0.15, 0.2) is 78.0 Å². The minimum absolute atomic E-state index is 0.134. The number of methoxy groups -OCH3 is 1. The van der Waals surface area contributed by atoms with Crippen LogP contribution in [0.4, 0.5) is 0 Å². The summed E-state index contributed by atoms with van der Waals surface area (Å²) in [5.74, 6) is 1.41. The van der Waals surface area contributed by atoms with Crippen molar-refractivity contribution in [3.8, 4) is 17.0 Å². The minimum Gasteiger partial charge on any atom is -0.484 e. The van der Waals surface area contributed by atoms with Gasteiger partial charge in [-0.3, -0.25) is 4.98 Å². The average molecular weight is 500 g/mol. The molecule has 0 N–H and O–H groups in total. The van der Waals surface area contributed by atoms with E-state index in [1.54, 1.807) is 18.9 Å². The lowest BCUT2D eigenvalue weighted by molar-refractivity contribution is 0.173. The molecule has 0 aliphatic heterocycles. The third-order valence-corrected chi connectivity index (χ3v) is 6.55. The zero-order valence-electron chi connectivity index (χ0n) is 21.6. The highest BCUT2D eigenvalue weighted by Crippen LogP contribution is 2.31. The summed E-state index contributed by atoms with van der Waals surface area (Å²) in [6, 6.07) is 22.9. The molecule has 0 saturated heterocycles. The molecular formula is C30H33N3O2S. The number of aromatic nitrogens is 3. The van der Waals surface area contributed by atoms with Gasteiger partial charge in [-0.25, -0.2) is 9.97 Å². The first-order valence-electron chi connectivity index (χ1n) is 12.0. The van der Waals surface area contributed by atoms with Crippen molar-refractivity contribution in [2.24, 2.45) is 0 Å². The average Bonchev–Trinajstić information content (AvgIpc) is 2.88. The molecule has 4 aromatic rings. The van der Waals surface area contributed by atoms with E-state index in [2.05, 4.69) is 57.2 Å². The van der Waals surface area contributed by atoms with Gasteiger partial charge in [-0.05, 0) is 34.4 Å². The van der Waals surface area contributed by atoms with Crippen LogP contribution in [0.25, 0.3) is 11.3 Å². The third-order valence-electron chi connectivity index (χ3n) is 5.89. The Balaban J connectivity index is 1.52. The Hall–Kier alpha value is -3.22. The summed E-state index contributed by atoms with van der Waals surface area (Å²) < 4.78 is 11.6. The third kappa shape index (κ3) is 6.50. The maximum Gasteiger partial charge on any atom is 0.175 e. The van der Waals surface area contributed by atoms with Crippen LogP contribution in [0.5, 0.6) is 5.75 Å². The van der Waals surface area contributed by atoms with Crippen LogP contribution in [-0.4, -0.2) is 28.3 Å². The molecule has 6 heteroatoms. The molecule has 0 aliphatic rings. The molecule has 2 aromatic heterocycles. The highest BCUT2D eigenvalue weighted by molar-refractivity contribution is 7.98. The summed E-state index contributed by atoms with van der Waals surface area (Å²) in [5, 5.41) is 0.812. The monoisotopic (exact) mass is 499 g/mol. The molecule has 0 amide bonds. The van der Waals surface area contributed by atoms with Crippen LogP contribution >= 0.6 is 11.8 Å².